The van der Waals surface area contributed by atoms with E-state index in [0.29, 0.717) is 25.3 Å². The number of carbonyl (C=O) groups is 3. The number of pyridine rings is 1. The molecule has 2 aromatic heterocycles. The van der Waals surface area contributed by atoms with E-state index in [-0.39, 0.29) is 17.2 Å². The third kappa shape index (κ3) is 4.78. The number of anilines is 1. The number of aliphatic carboxylic acids is 1. The van der Waals surface area contributed by atoms with Gasteiger partial charge in [0.15, 0.2) is 0 Å². The first kappa shape index (κ1) is 21.8. The number of hydrogen-bond donors (Lipinski definition) is 1. The molecule has 7 nitrogen and oxygen atoms in total. The Morgan fingerprint density at radius 1 is 1.17 bits per heavy atom. The molecule has 0 saturated carbocycles. The molecule has 1 spiro atoms. The molecule has 2 saturated heterocycles. The number of aromatic nitrogens is 1. The Kier molecular flexibility index (Phi) is 6.11. The zero-order valence-corrected chi connectivity index (χ0v) is 16.4. The third-order valence-electron chi connectivity index (χ3n) is 4.95. The van der Waals surface area contributed by atoms with Crippen LogP contribution < -0.4 is 4.90 Å². The number of nitrogens with zero attached hydrogens (tertiary/aromatic N) is 3. The van der Waals surface area contributed by atoms with E-state index in [2.05, 4.69) is 4.98 Å². The van der Waals surface area contributed by atoms with E-state index >= 15 is 0 Å². The largest absolute Gasteiger partial charge is 0.490 e. The molecule has 0 aromatic carbocycles. The molecule has 4 heterocycles. The normalized spacial score (nSPS) is 21.0. The number of carboxylic acids is 1. The quantitative estimate of drug-likeness (QED) is 0.774. The molecule has 0 bridgehead atoms. The molecule has 2 fully saturated rings. The summed E-state index contributed by atoms with van der Waals surface area (Å²) in [6.45, 7) is 2.02. The van der Waals surface area contributed by atoms with Crippen LogP contribution in [0.3, 0.4) is 0 Å². The molecule has 2 aliphatic rings. The first-order chi connectivity index (χ1) is 14.1. The molecule has 2 amide bonds. The van der Waals surface area contributed by atoms with Gasteiger partial charge in [-0.15, -0.1) is 11.3 Å². The maximum atomic E-state index is 12.5. The van der Waals surface area contributed by atoms with Crippen LogP contribution in [0.4, 0.5) is 19.0 Å². The highest BCUT2D eigenvalue weighted by atomic mass is 32.1. The van der Waals surface area contributed by atoms with Gasteiger partial charge in [-0.05, 0) is 30.0 Å². The van der Waals surface area contributed by atoms with Crippen molar-refractivity contribution in [1.29, 1.82) is 0 Å². The fraction of sp³-hybridized carbons (Fsp3) is 0.368. The van der Waals surface area contributed by atoms with E-state index in [1.54, 1.807) is 11.1 Å². The fourth-order valence-electron chi connectivity index (χ4n) is 3.56. The molecule has 160 valence electrons. The smallest absolute Gasteiger partial charge is 0.475 e. The van der Waals surface area contributed by atoms with Crippen LogP contribution in [0, 0.1) is 5.41 Å². The maximum Gasteiger partial charge on any atom is 0.490 e. The van der Waals surface area contributed by atoms with Gasteiger partial charge >= 0.3 is 12.1 Å². The molecule has 0 radical (unpaired) electrons. The predicted molar refractivity (Wildman–Crippen MR) is 102 cm³/mol. The molecular weight excluding hydrogens is 423 g/mol. The van der Waals surface area contributed by atoms with Gasteiger partial charge in [-0.3, -0.25) is 14.5 Å². The van der Waals surface area contributed by atoms with E-state index in [0.717, 1.165) is 17.8 Å². The summed E-state index contributed by atoms with van der Waals surface area (Å²) in [4.78, 5) is 42.5. The van der Waals surface area contributed by atoms with E-state index in [1.807, 2.05) is 40.6 Å². The summed E-state index contributed by atoms with van der Waals surface area (Å²) in [5.74, 6) is -1.86. The lowest BCUT2D eigenvalue weighted by atomic mass is 9.86. The molecule has 0 aliphatic carbocycles. The van der Waals surface area contributed by atoms with Crippen LogP contribution in [-0.4, -0.2) is 58.6 Å². The van der Waals surface area contributed by atoms with Crippen LogP contribution in [0.1, 0.15) is 22.5 Å². The lowest BCUT2D eigenvalue weighted by molar-refractivity contribution is -0.192. The van der Waals surface area contributed by atoms with Gasteiger partial charge in [-0.25, -0.2) is 9.78 Å². The number of amides is 2. The minimum absolute atomic E-state index is 0.0839. The summed E-state index contributed by atoms with van der Waals surface area (Å²) in [5, 5.41) is 9.04. The van der Waals surface area contributed by atoms with Gasteiger partial charge in [0, 0.05) is 37.7 Å². The van der Waals surface area contributed by atoms with Crippen LogP contribution in [0.5, 0.6) is 0 Å². The Morgan fingerprint density at radius 2 is 1.90 bits per heavy atom. The summed E-state index contributed by atoms with van der Waals surface area (Å²) in [6, 6.07) is 9.35. The third-order valence-corrected chi connectivity index (χ3v) is 5.80. The number of alkyl halides is 3. The van der Waals surface area contributed by atoms with Crippen molar-refractivity contribution < 1.29 is 32.7 Å². The molecule has 4 rings (SSSR count). The Morgan fingerprint density at radius 3 is 2.47 bits per heavy atom. The highest BCUT2D eigenvalue weighted by Crippen LogP contribution is 2.41. The molecule has 1 N–H and O–H groups in total. The number of carbonyl (C=O) groups excluding carboxylic acids is 2. The molecule has 2 aliphatic heterocycles. The van der Waals surface area contributed by atoms with Gasteiger partial charge in [-0.1, -0.05) is 12.1 Å². The first-order valence-electron chi connectivity index (χ1n) is 8.96. The van der Waals surface area contributed by atoms with Gasteiger partial charge in [0.25, 0.3) is 5.91 Å². The number of thiophene rings is 1. The predicted octanol–water partition coefficient (Wildman–Crippen LogP) is 3.05. The second kappa shape index (κ2) is 8.42. The van der Waals surface area contributed by atoms with Gasteiger partial charge in [0.1, 0.15) is 5.82 Å². The number of carboxylic acid groups (broad SMARTS) is 1. The maximum absolute atomic E-state index is 12.5. The summed E-state index contributed by atoms with van der Waals surface area (Å²) < 4.78 is 31.7. The van der Waals surface area contributed by atoms with Crippen LogP contribution in [0.2, 0.25) is 0 Å². The van der Waals surface area contributed by atoms with Crippen molar-refractivity contribution in [3.8, 4) is 0 Å². The number of halogens is 3. The van der Waals surface area contributed by atoms with E-state index < -0.39 is 12.1 Å². The minimum Gasteiger partial charge on any atom is -0.475 e. The minimum atomic E-state index is -5.08. The molecule has 11 heteroatoms. The fourth-order valence-corrected chi connectivity index (χ4v) is 4.25. The lowest BCUT2D eigenvalue weighted by Crippen LogP contribution is -2.34. The zero-order valence-electron chi connectivity index (χ0n) is 15.6. The van der Waals surface area contributed by atoms with Gasteiger partial charge in [0.2, 0.25) is 5.91 Å². The van der Waals surface area contributed by atoms with Crippen LogP contribution in [-0.2, 0) is 9.59 Å². The Bertz CT molecular complexity index is 921. The van der Waals surface area contributed by atoms with E-state index in [1.165, 1.54) is 11.3 Å². The highest BCUT2D eigenvalue weighted by Gasteiger charge is 2.49. The molecular formula is C19H18F3N3O4S. The second-order valence-corrected chi connectivity index (χ2v) is 8.05. The Labute approximate surface area is 173 Å². The summed E-state index contributed by atoms with van der Waals surface area (Å²) in [6.07, 6.45) is -2.01. The number of hydrogen-bond acceptors (Lipinski definition) is 5. The van der Waals surface area contributed by atoms with E-state index in [9.17, 15) is 22.8 Å². The number of rotatable bonds is 2. The van der Waals surface area contributed by atoms with Crippen molar-refractivity contribution in [2.45, 2.75) is 19.0 Å². The van der Waals surface area contributed by atoms with Crippen molar-refractivity contribution in [3.05, 3.63) is 46.8 Å². The first-order valence-corrected chi connectivity index (χ1v) is 9.84. The SMILES string of the molecule is O=C(O)C(F)(F)F.O=C(c1cccs1)N1CCC2(CC(=O)N(c3ccccn3)C2)C1. The van der Waals surface area contributed by atoms with Crippen molar-refractivity contribution in [3.63, 3.8) is 0 Å². The molecule has 30 heavy (non-hydrogen) atoms. The standard InChI is InChI=1S/C17H17N3O2S.C2HF3O2/c21-15-10-17(12-20(15)14-5-1-2-7-18-14)6-8-19(11-17)16(22)13-4-3-9-23-13;3-2(4,5)1(6)7/h1-5,7,9H,6,8,10-12H2;(H,6,7). The van der Waals surface area contributed by atoms with Gasteiger partial charge in [0.05, 0.1) is 4.88 Å². The molecule has 2 aromatic rings. The van der Waals surface area contributed by atoms with Crippen molar-refractivity contribution in [2.24, 2.45) is 5.41 Å². The average Bonchev–Trinajstić information content (AvgIpc) is 3.43. The van der Waals surface area contributed by atoms with Gasteiger partial charge < -0.3 is 10.0 Å². The second-order valence-electron chi connectivity index (χ2n) is 7.10. The summed E-state index contributed by atoms with van der Waals surface area (Å²) in [7, 11) is 0. The topological polar surface area (TPSA) is 90.8 Å². The lowest BCUT2D eigenvalue weighted by Gasteiger charge is -2.23. The molecule has 1 atom stereocenters. The van der Waals surface area contributed by atoms with Crippen LogP contribution in [0.25, 0.3) is 0 Å². The van der Waals surface area contributed by atoms with E-state index in [4.69, 9.17) is 9.90 Å². The van der Waals surface area contributed by atoms with Crippen LogP contribution >= 0.6 is 11.3 Å². The van der Waals surface area contributed by atoms with Crippen molar-refractivity contribution in [1.82, 2.24) is 9.88 Å². The van der Waals surface area contributed by atoms with Crippen molar-refractivity contribution in [2.75, 3.05) is 24.5 Å². The molecule has 1 unspecified atom stereocenters. The van der Waals surface area contributed by atoms with Gasteiger partial charge in [-0.2, -0.15) is 13.2 Å². The van der Waals surface area contributed by atoms with Crippen molar-refractivity contribution >= 4 is 34.9 Å². The summed E-state index contributed by atoms with van der Waals surface area (Å²) in [5.41, 5.74) is -0.123. The summed E-state index contributed by atoms with van der Waals surface area (Å²) >= 11 is 1.47. The Hall–Kier alpha value is -2.95. The number of likely N-dealkylation sites (tertiary alicyclic amines) is 1. The average molecular weight is 441 g/mol. The monoisotopic (exact) mass is 441 g/mol. The van der Waals surface area contributed by atoms with Crippen LogP contribution in [0.15, 0.2) is 41.9 Å². The zero-order chi connectivity index (χ0) is 21.9. The Balaban J connectivity index is 0.000000318. The highest BCUT2D eigenvalue weighted by molar-refractivity contribution is 7.12.